The summed E-state index contributed by atoms with van der Waals surface area (Å²) < 4.78 is 34.7. The van der Waals surface area contributed by atoms with Gasteiger partial charge in [0, 0.05) is 38.3 Å². The van der Waals surface area contributed by atoms with E-state index in [-0.39, 0.29) is 12.1 Å². The molecule has 0 radical (unpaired) electrons. The van der Waals surface area contributed by atoms with Crippen molar-refractivity contribution >= 4 is 10.2 Å². The van der Waals surface area contributed by atoms with Crippen LogP contribution < -0.4 is 4.72 Å². The lowest BCUT2D eigenvalue weighted by molar-refractivity contribution is 0.00963. The minimum absolute atomic E-state index is 0.000510. The molecule has 0 amide bonds. The van der Waals surface area contributed by atoms with Crippen LogP contribution >= 0.6 is 0 Å². The largest absolute Gasteiger partial charge is 0.376 e. The zero-order chi connectivity index (χ0) is 14.9. The van der Waals surface area contributed by atoms with Crippen molar-refractivity contribution in [3.8, 4) is 0 Å². The molecule has 2 fully saturated rings. The molecule has 0 saturated carbocycles. The Balaban J connectivity index is 1.98. The van der Waals surface area contributed by atoms with Crippen LogP contribution in [0.25, 0.3) is 0 Å². The van der Waals surface area contributed by atoms with E-state index in [0.717, 1.165) is 13.1 Å². The Kier molecular flexibility index (Phi) is 5.07. The maximum Gasteiger partial charge on any atom is 0.279 e. The molecule has 0 bridgehead atoms. The molecule has 3 atom stereocenters. The third-order valence-corrected chi connectivity index (χ3v) is 5.83. The molecule has 2 aliphatic heterocycles. The zero-order valence-corrected chi connectivity index (χ0v) is 13.7. The smallest absolute Gasteiger partial charge is 0.279 e. The molecule has 0 aromatic heterocycles. The van der Waals surface area contributed by atoms with Crippen molar-refractivity contribution in [3.63, 3.8) is 0 Å². The molecule has 2 saturated heterocycles. The SMILES string of the molecule is CC1CN(S(=O)(=O)NC2CN(C(C)C)CC2C)CCO1. The fraction of sp³-hybridized carbons (Fsp3) is 1.00. The van der Waals surface area contributed by atoms with Gasteiger partial charge in [-0.25, -0.2) is 0 Å². The summed E-state index contributed by atoms with van der Waals surface area (Å²) >= 11 is 0. The molecule has 0 aromatic rings. The Labute approximate surface area is 122 Å². The van der Waals surface area contributed by atoms with Gasteiger partial charge in [-0.15, -0.1) is 0 Å². The van der Waals surface area contributed by atoms with Gasteiger partial charge in [-0.3, -0.25) is 4.90 Å². The van der Waals surface area contributed by atoms with E-state index in [1.807, 2.05) is 6.92 Å². The predicted octanol–water partition coefficient (Wildman–Crippen LogP) is 0.270. The van der Waals surface area contributed by atoms with Crippen molar-refractivity contribution in [2.45, 2.75) is 45.9 Å². The van der Waals surface area contributed by atoms with E-state index in [4.69, 9.17) is 4.74 Å². The average Bonchev–Trinajstić information content (AvgIpc) is 2.70. The van der Waals surface area contributed by atoms with Gasteiger partial charge < -0.3 is 4.74 Å². The van der Waals surface area contributed by atoms with Crippen LogP contribution in [0.1, 0.15) is 27.7 Å². The van der Waals surface area contributed by atoms with E-state index in [1.165, 1.54) is 4.31 Å². The first-order valence-electron chi connectivity index (χ1n) is 7.42. The summed E-state index contributed by atoms with van der Waals surface area (Å²) in [5.74, 6) is 0.339. The van der Waals surface area contributed by atoms with Gasteiger partial charge in [0.2, 0.25) is 0 Å². The van der Waals surface area contributed by atoms with Crippen LogP contribution in [-0.4, -0.2) is 68.6 Å². The summed E-state index contributed by atoms with van der Waals surface area (Å²) in [4.78, 5) is 2.32. The van der Waals surface area contributed by atoms with Crippen molar-refractivity contribution in [1.82, 2.24) is 13.9 Å². The van der Waals surface area contributed by atoms with Crippen LogP contribution in [0.4, 0.5) is 0 Å². The summed E-state index contributed by atoms with van der Waals surface area (Å²) in [5, 5.41) is 0. The molecule has 2 heterocycles. The maximum atomic E-state index is 12.4. The molecule has 0 aliphatic carbocycles. The van der Waals surface area contributed by atoms with Gasteiger partial charge in [-0.1, -0.05) is 6.92 Å². The van der Waals surface area contributed by atoms with Crippen LogP contribution in [0.5, 0.6) is 0 Å². The Bertz CT molecular complexity index is 427. The lowest BCUT2D eigenvalue weighted by Gasteiger charge is -2.31. The molecule has 2 rings (SSSR count). The van der Waals surface area contributed by atoms with Crippen molar-refractivity contribution in [3.05, 3.63) is 0 Å². The second-order valence-corrected chi connectivity index (χ2v) is 8.00. The highest BCUT2D eigenvalue weighted by molar-refractivity contribution is 7.87. The minimum atomic E-state index is -3.41. The fourth-order valence-electron chi connectivity index (χ4n) is 2.85. The van der Waals surface area contributed by atoms with E-state index in [2.05, 4.69) is 30.4 Å². The molecule has 7 heteroatoms. The lowest BCUT2D eigenvalue weighted by Crippen LogP contribution is -2.52. The molecule has 2 aliphatic rings. The number of ether oxygens (including phenoxy) is 1. The Morgan fingerprint density at radius 2 is 1.90 bits per heavy atom. The maximum absolute atomic E-state index is 12.4. The number of hydrogen-bond acceptors (Lipinski definition) is 4. The first-order chi connectivity index (χ1) is 9.29. The number of morpholine rings is 1. The summed E-state index contributed by atoms with van der Waals surface area (Å²) in [6.45, 7) is 11.4. The van der Waals surface area contributed by atoms with E-state index in [0.29, 0.717) is 31.7 Å². The van der Waals surface area contributed by atoms with Crippen molar-refractivity contribution in [2.24, 2.45) is 5.92 Å². The standard InChI is InChI=1S/C13H27N3O3S/c1-10(2)15-7-11(3)13(9-15)14-20(17,18)16-5-6-19-12(4)8-16/h10-14H,5-9H2,1-4H3. The van der Waals surface area contributed by atoms with E-state index >= 15 is 0 Å². The van der Waals surface area contributed by atoms with Crippen LogP contribution in [-0.2, 0) is 14.9 Å². The average molecular weight is 305 g/mol. The van der Waals surface area contributed by atoms with Gasteiger partial charge in [0.1, 0.15) is 0 Å². The Morgan fingerprint density at radius 3 is 2.45 bits per heavy atom. The highest BCUT2D eigenvalue weighted by atomic mass is 32.2. The Hall–Kier alpha value is -0.210. The van der Waals surface area contributed by atoms with Gasteiger partial charge >= 0.3 is 0 Å². The zero-order valence-electron chi connectivity index (χ0n) is 12.9. The monoisotopic (exact) mass is 305 g/mol. The third-order valence-electron chi connectivity index (χ3n) is 4.21. The molecule has 0 aromatic carbocycles. The first kappa shape index (κ1) is 16.2. The van der Waals surface area contributed by atoms with Crippen molar-refractivity contribution in [2.75, 3.05) is 32.8 Å². The molecular weight excluding hydrogens is 278 g/mol. The van der Waals surface area contributed by atoms with Gasteiger partial charge in [0.15, 0.2) is 0 Å². The number of likely N-dealkylation sites (tertiary alicyclic amines) is 1. The predicted molar refractivity (Wildman–Crippen MR) is 78.7 cm³/mol. The van der Waals surface area contributed by atoms with Crippen LogP contribution in [0.2, 0.25) is 0 Å². The highest BCUT2D eigenvalue weighted by Gasteiger charge is 2.36. The molecule has 6 nitrogen and oxygen atoms in total. The minimum Gasteiger partial charge on any atom is -0.376 e. The van der Waals surface area contributed by atoms with Crippen LogP contribution in [0, 0.1) is 5.92 Å². The van der Waals surface area contributed by atoms with Crippen LogP contribution in [0.3, 0.4) is 0 Å². The van der Waals surface area contributed by atoms with Gasteiger partial charge in [-0.05, 0) is 26.7 Å². The van der Waals surface area contributed by atoms with Crippen molar-refractivity contribution in [1.29, 1.82) is 0 Å². The lowest BCUT2D eigenvalue weighted by atomic mass is 10.1. The quantitative estimate of drug-likeness (QED) is 0.810. The van der Waals surface area contributed by atoms with E-state index < -0.39 is 10.2 Å². The van der Waals surface area contributed by atoms with Crippen molar-refractivity contribution < 1.29 is 13.2 Å². The molecule has 20 heavy (non-hydrogen) atoms. The summed E-state index contributed by atoms with van der Waals surface area (Å²) in [7, 11) is -3.41. The normalized spacial score (nSPS) is 34.0. The summed E-state index contributed by atoms with van der Waals surface area (Å²) in [6.07, 6.45) is -0.0338. The van der Waals surface area contributed by atoms with Gasteiger partial charge in [-0.2, -0.15) is 17.4 Å². The summed E-state index contributed by atoms with van der Waals surface area (Å²) in [5.41, 5.74) is 0. The first-order valence-corrected chi connectivity index (χ1v) is 8.86. The van der Waals surface area contributed by atoms with E-state index in [9.17, 15) is 8.42 Å². The highest BCUT2D eigenvalue weighted by Crippen LogP contribution is 2.20. The molecule has 0 spiro atoms. The van der Waals surface area contributed by atoms with Gasteiger partial charge in [0.05, 0.1) is 12.7 Å². The number of hydrogen-bond donors (Lipinski definition) is 1. The molecule has 118 valence electrons. The van der Waals surface area contributed by atoms with E-state index in [1.54, 1.807) is 0 Å². The van der Waals surface area contributed by atoms with Crippen LogP contribution in [0.15, 0.2) is 0 Å². The topological polar surface area (TPSA) is 61.9 Å². The number of rotatable bonds is 4. The molecular formula is C13H27N3O3S. The fourth-order valence-corrected chi connectivity index (χ4v) is 4.41. The Morgan fingerprint density at radius 1 is 1.20 bits per heavy atom. The van der Waals surface area contributed by atoms with Gasteiger partial charge in [0.25, 0.3) is 10.2 Å². The second-order valence-electron chi connectivity index (χ2n) is 6.29. The number of nitrogens with one attached hydrogen (secondary N) is 1. The third kappa shape index (κ3) is 3.71. The summed E-state index contributed by atoms with van der Waals surface area (Å²) in [6, 6.07) is 0.455. The molecule has 3 unspecified atom stereocenters. The number of nitrogens with zero attached hydrogens (tertiary/aromatic N) is 2. The second kappa shape index (κ2) is 6.27. The molecule has 1 N–H and O–H groups in total.